The van der Waals surface area contributed by atoms with E-state index in [1.165, 1.54) is 5.56 Å². The summed E-state index contributed by atoms with van der Waals surface area (Å²) < 4.78 is 5.67. The second kappa shape index (κ2) is 8.53. The summed E-state index contributed by atoms with van der Waals surface area (Å²) in [5.74, 6) is 0.912. The summed E-state index contributed by atoms with van der Waals surface area (Å²) in [6.45, 7) is 3.61. The van der Waals surface area contributed by atoms with Crippen LogP contribution in [0.4, 0.5) is 0 Å². The lowest BCUT2D eigenvalue weighted by molar-refractivity contribution is 0.281. The molecule has 0 heterocycles. The van der Waals surface area contributed by atoms with Crippen LogP contribution in [0.5, 0.6) is 5.75 Å². The largest absolute Gasteiger partial charge is 0.494 e. The van der Waals surface area contributed by atoms with Crippen molar-refractivity contribution in [2.24, 2.45) is 5.16 Å². The van der Waals surface area contributed by atoms with Gasteiger partial charge in [-0.25, -0.2) is 0 Å². The van der Waals surface area contributed by atoms with Crippen molar-refractivity contribution in [3.63, 3.8) is 0 Å². The summed E-state index contributed by atoms with van der Waals surface area (Å²) in [5, 5.41) is 11.8. The van der Waals surface area contributed by atoms with Gasteiger partial charge in [-0.05, 0) is 58.0 Å². The fourth-order valence-corrected chi connectivity index (χ4v) is 1.70. The van der Waals surface area contributed by atoms with Crippen molar-refractivity contribution in [2.45, 2.75) is 26.2 Å². The third-order valence-electron chi connectivity index (χ3n) is 2.89. The van der Waals surface area contributed by atoms with E-state index in [1.54, 1.807) is 0 Å². The highest BCUT2D eigenvalue weighted by Crippen LogP contribution is 2.13. The molecule has 0 unspecified atom stereocenters. The summed E-state index contributed by atoms with van der Waals surface area (Å²) in [6.07, 6.45) is 2.69. The van der Waals surface area contributed by atoms with Gasteiger partial charge in [-0.3, -0.25) is 0 Å². The number of hydrogen-bond acceptors (Lipinski definition) is 4. The van der Waals surface area contributed by atoms with Gasteiger partial charge in [0.15, 0.2) is 0 Å². The molecule has 1 N–H and O–H groups in total. The fourth-order valence-electron chi connectivity index (χ4n) is 1.70. The topological polar surface area (TPSA) is 45.1 Å². The SMILES string of the molecule is C/C(CCc1ccc(OCCCN(C)C)cc1)=N\O. The summed E-state index contributed by atoms with van der Waals surface area (Å²) in [4.78, 5) is 2.15. The zero-order valence-corrected chi connectivity index (χ0v) is 12.1. The molecule has 19 heavy (non-hydrogen) atoms. The molecule has 0 aromatic heterocycles. The van der Waals surface area contributed by atoms with Gasteiger partial charge in [-0.15, -0.1) is 0 Å². The Morgan fingerprint density at radius 1 is 1.26 bits per heavy atom. The quantitative estimate of drug-likeness (QED) is 0.340. The molecule has 0 bridgehead atoms. The summed E-state index contributed by atoms with van der Waals surface area (Å²) in [7, 11) is 4.12. The van der Waals surface area contributed by atoms with Gasteiger partial charge >= 0.3 is 0 Å². The van der Waals surface area contributed by atoms with E-state index in [9.17, 15) is 0 Å². The minimum Gasteiger partial charge on any atom is -0.494 e. The van der Waals surface area contributed by atoms with Gasteiger partial charge in [-0.2, -0.15) is 0 Å². The monoisotopic (exact) mass is 264 g/mol. The fraction of sp³-hybridized carbons (Fsp3) is 0.533. The first-order valence-corrected chi connectivity index (χ1v) is 6.66. The maximum Gasteiger partial charge on any atom is 0.119 e. The number of aryl methyl sites for hydroxylation is 1. The molecule has 0 fully saturated rings. The molecule has 1 rings (SSSR count). The lowest BCUT2D eigenvalue weighted by atomic mass is 10.1. The molecule has 0 spiro atoms. The minimum absolute atomic E-state index is 0.744. The molecule has 0 aliphatic carbocycles. The maximum atomic E-state index is 8.58. The number of hydrogen-bond donors (Lipinski definition) is 1. The molecular formula is C15H24N2O2. The normalized spacial score (nSPS) is 11.9. The van der Waals surface area contributed by atoms with Crippen molar-refractivity contribution in [3.05, 3.63) is 29.8 Å². The zero-order valence-electron chi connectivity index (χ0n) is 12.1. The van der Waals surface area contributed by atoms with Crippen molar-refractivity contribution in [3.8, 4) is 5.75 Å². The maximum absolute atomic E-state index is 8.58. The van der Waals surface area contributed by atoms with E-state index in [2.05, 4.69) is 36.3 Å². The van der Waals surface area contributed by atoms with Gasteiger partial charge < -0.3 is 14.8 Å². The molecule has 0 amide bonds. The standard InChI is InChI=1S/C15H24N2O2/c1-13(16-18)5-6-14-7-9-15(10-8-14)19-12-4-11-17(2)3/h7-10,18H,4-6,11-12H2,1-3H3/b16-13+. The minimum atomic E-state index is 0.744. The molecule has 0 saturated carbocycles. The van der Waals surface area contributed by atoms with E-state index < -0.39 is 0 Å². The molecule has 1 aromatic rings. The van der Waals surface area contributed by atoms with Crippen LogP contribution in [0.3, 0.4) is 0 Å². The molecule has 0 aliphatic rings. The van der Waals surface area contributed by atoms with Crippen LogP contribution in [0.1, 0.15) is 25.3 Å². The average molecular weight is 264 g/mol. The van der Waals surface area contributed by atoms with Crippen molar-refractivity contribution < 1.29 is 9.94 Å². The van der Waals surface area contributed by atoms with Gasteiger partial charge in [0, 0.05) is 6.54 Å². The Bertz CT molecular complexity index is 386. The smallest absolute Gasteiger partial charge is 0.119 e. The third-order valence-corrected chi connectivity index (χ3v) is 2.89. The Kier molecular flexibility index (Phi) is 6.97. The van der Waals surface area contributed by atoms with E-state index in [-0.39, 0.29) is 0 Å². The van der Waals surface area contributed by atoms with Gasteiger partial charge in [0.05, 0.1) is 12.3 Å². The van der Waals surface area contributed by atoms with Gasteiger partial charge in [0.1, 0.15) is 5.75 Å². The number of nitrogens with zero attached hydrogens (tertiary/aromatic N) is 2. The second-order valence-electron chi connectivity index (χ2n) is 4.98. The van der Waals surface area contributed by atoms with Gasteiger partial charge in [0.25, 0.3) is 0 Å². The van der Waals surface area contributed by atoms with Crippen LogP contribution < -0.4 is 4.74 Å². The van der Waals surface area contributed by atoms with Crippen molar-refractivity contribution in [1.82, 2.24) is 4.90 Å². The van der Waals surface area contributed by atoms with Crippen LogP contribution in [0, 0.1) is 0 Å². The Morgan fingerprint density at radius 2 is 1.95 bits per heavy atom. The first kappa shape index (κ1) is 15.5. The molecular weight excluding hydrogens is 240 g/mol. The number of rotatable bonds is 8. The molecule has 0 aliphatic heterocycles. The van der Waals surface area contributed by atoms with E-state index >= 15 is 0 Å². The third kappa shape index (κ3) is 6.82. The Balaban J connectivity index is 2.31. The van der Waals surface area contributed by atoms with Crippen molar-refractivity contribution in [2.75, 3.05) is 27.2 Å². The van der Waals surface area contributed by atoms with E-state index in [4.69, 9.17) is 9.94 Å². The predicted molar refractivity (Wildman–Crippen MR) is 78.3 cm³/mol. The van der Waals surface area contributed by atoms with E-state index in [0.29, 0.717) is 0 Å². The lowest BCUT2D eigenvalue weighted by Crippen LogP contribution is -2.15. The van der Waals surface area contributed by atoms with Crippen molar-refractivity contribution >= 4 is 5.71 Å². The molecule has 0 atom stereocenters. The van der Waals surface area contributed by atoms with Crippen LogP contribution in [-0.4, -0.2) is 43.1 Å². The van der Waals surface area contributed by atoms with Gasteiger partial charge in [0.2, 0.25) is 0 Å². The number of benzene rings is 1. The number of oxime groups is 1. The highest BCUT2D eigenvalue weighted by Gasteiger charge is 1.98. The van der Waals surface area contributed by atoms with E-state index in [1.807, 2.05) is 19.1 Å². The number of ether oxygens (including phenoxy) is 1. The molecule has 4 nitrogen and oxygen atoms in total. The van der Waals surface area contributed by atoms with Crippen LogP contribution in [-0.2, 0) is 6.42 Å². The first-order valence-electron chi connectivity index (χ1n) is 6.66. The van der Waals surface area contributed by atoms with Crippen molar-refractivity contribution in [1.29, 1.82) is 0 Å². The summed E-state index contributed by atoms with van der Waals surface area (Å²) in [6, 6.07) is 8.12. The predicted octanol–water partition coefficient (Wildman–Crippen LogP) is 2.80. The van der Waals surface area contributed by atoms with Gasteiger partial charge in [-0.1, -0.05) is 17.3 Å². The molecule has 4 heteroatoms. The van der Waals surface area contributed by atoms with Crippen LogP contribution in [0.2, 0.25) is 0 Å². The highest BCUT2D eigenvalue weighted by molar-refractivity contribution is 5.81. The summed E-state index contributed by atoms with van der Waals surface area (Å²) >= 11 is 0. The van der Waals surface area contributed by atoms with Crippen LogP contribution in [0.25, 0.3) is 0 Å². The molecule has 0 radical (unpaired) electrons. The second-order valence-corrected chi connectivity index (χ2v) is 4.98. The van der Waals surface area contributed by atoms with E-state index in [0.717, 1.165) is 43.9 Å². The lowest BCUT2D eigenvalue weighted by Gasteiger charge is -2.10. The Hall–Kier alpha value is -1.55. The Morgan fingerprint density at radius 3 is 2.53 bits per heavy atom. The Labute approximate surface area is 115 Å². The average Bonchev–Trinajstić information content (AvgIpc) is 2.42. The molecule has 1 aromatic carbocycles. The first-order chi connectivity index (χ1) is 9.11. The summed E-state index contributed by atoms with van der Waals surface area (Å²) in [5.41, 5.74) is 1.98. The molecule has 106 valence electrons. The highest BCUT2D eigenvalue weighted by atomic mass is 16.5. The zero-order chi connectivity index (χ0) is 14.1. The van der Waals surface area contributed by atoms with Crippen LogP contribution in [0.15, 0.2) is 29.4 Å². The van der Waals surface area contributed by atoms with Crippen LogP contribution >= 0.6 is 0 Å². The molecule has 0 saturated heterocycles.